The van der Waals surface area contributed by atoms with Crippen molar-refractivity contribution in [1.82, 2.24) is 9.88 Å². The Morgan fingerprint density at radius 1 is 1.11 bits per heavy atom. The van der Waals surface area contributed by atoms with Gasteiger partial charge in [0.2, 0.25) is 0 Å². The third-order valence-corrected chi connectivity index (χ3v) is 4.58. The number of aromatic nitrogens is 1. The molecule has 1 aliphatic heterocycles. The number of rotatable bonds is 3. The van der Waals surface area contributed by atoms with Crippen LogP contribution >= 0.6 is 22.9 Å². The van der Waals surface area contributed by atoms with E-state index in [1.54, 1.807) is 11.3 Å². The van der Waals surface area contributed by atoms with E-state index in [9.17, 15) is 0 Å². The van der Waals surface area contributed by atoms with Gasteiger partial charge in [0.1, 0.15) is 5.15 Å². The first-order valence-electron chi connectivity index (χ1n) is 6.43. The molecule has 0 aliphatic carbocycles. The first kappa shape index (κ1) is 12.9. The smallest absolute Gasteiger partial charge is 0.186 e. The van der Waals surface area contributed by atoms with E-state index in [0.717, 1.165) is 37.9 Å². The Morgan fingerprint density at radius 2 is 1.84 bits per heavy atom. The number of halogens is 1. The third kappa shape index (κ3) is 3.26. The van der Waals surface area contributed by atoms with Crippen LogP contribution in [0, 0.1) is 0 Å². The topological polar surface area (TPSA) is 19.4 Å². The zero-order chi connectivity index (χ0) is 13.1. The SMILES string of the molecule is Clc1csc(N2CCN(Cc3ccccc3)CC2)n1. The van der Waals surface area contributed by atoms with Crippen molar-refractivity contribution < 1.29 is 0 Å². The van der Waals surface area contributed by atoms with Gasteiger partial charge in [-0.25, -0.2) is 4.98 Å². The van der Waals surface area contributed by atoms with Crippen LogP contribution in [0.15, 0.2) is 35.7 Å². The Bertz CT molecular complexity index is 520. The molecule has 0 atom stereocenters. The standard InChI is InChI=1S/C14H16ClN3S/c15-13-11-19-14(16-13)18-8-6-17(7-9-18)10-12-4-2-1-3-5-12/h1-5,11H,6-10H2. The number of piperazine rings is 1. The van der Waals surface area contributed by atoms with Crippen molar-refractivity contribution in [2.24, 2.45) is 0 Å². The molecule has 0 saturated carbocycles. The molecular formula is C14H16ClN3S. The van der Waals surface area contributed by atoms with Gasteiger partial charge in [0.15, 0.2) is 5.13 Å². The average Bonchev–Trinajstić information content (AvgIpc) is 2.87. The van der Waals surface area contributed by atoms with Crippen LogP contribution in [0.5, 0.6) is 0 Å². The second kappa shape index (κ2) is 5.90. The first-order chi connectivity index (χ1) is 9.31. The molecule has 2 heterocycles. The molecule has 0 amide bonds. The van der Waals surface area contributed by atoms with Crippen LogP contribution in [-0.4, -0.2) is 36.1 Å². The highest BCUT2D eigenvalue weighted by atomic mass is 35.5. The molecule has 1 fully saturated rings. The summed E-state index contributed by atoms with van der Waals surface area (Å²) in [6.45, 7) is 5.23. The summed E-state index contributed by atoms with van der Waals surface area (Å²) >= 11 is 7.50. The largest absolute Gasteiger partial charge is 0.345 e. The summed E-state index contributed by atoms with van der Waals surface area (Å²) in [4.78, 5) is 9.14. The molecule has 1 saturated heterocycles. The Kier molecular flexibility index (Phi) is 4.01. The summed E-state index contributed by atoms with van der Waals surface area (Å²) in [7, 11) is 0. The molecule has 1 aliphatic rings. The van der Waals surface area contributed by atoms with Gasteiger partial charge in [0.05, 0.1) is 0 Å². The maximum Gasteiger partial charge on any atom is 0.186 e. The van der Waals surface area contributed by atoms with Crippen LogP contribution in [0.3, 0.4) is 0 Å². The second-order valence-corrected chi connectivity index (χ2v) is 5.93. The quantitative estimate of drug-likeness (QED) is 0.867. The molecule has 2 aromatic rings. The van der Waals surface area contributed by atoms with Gasteiger partial charge in [-0.2, -0.15) is 0 Å². The fraction of sp³-hybridized carbons (Fsp3) is 0.357. The van der Waals surface area contributed by atoms with Crippen molar-refractivity contribution in [3.63, 3.8) is 0 Å². The lowest BCUT2D eigenvalue weighted by Gasteiger charge is -2.34. The Labute approximate surface area is 122 Å². The lowest BCUT2D eigenvalue weighted by atomic mass is 10.2. The number of hydrogen-bond acceptors (Lipinski definition) is 4. The molecule has 3 nitrogen and oxygen atoms in total. The van der Waals surface area contributed by atoms with Crippen LogP contribution in [0.1, 0.15) is 5.56 Å². The molecule has 5 heteroatoms. The molecule has 1 aromatic carbocycles. The highest BCUT2D eigenvalue weighted by Crippen LogP contribution is 2.24. The predicted octanol–water partition coefficient (Wildman–Crippen LogP) is 3.12. The maximum atomic E-state index is 5.88. The molecule has 100 valence electrons. The van der Waals surface area contributed by atoms with Gasteiger partial charge in [-0.15, -0.1) is 11.3 Å². The van der Waals surface area contributed by atoms with Crippen molar-refractivity contribution in [1.29, 1.82) is 0 Å². The lowest BCUT2D eigenvalue weighted by molar-refractivity contribution is 0.250. The molecular weight excluding hydrogens is 278 g/mol. The van der Waals surface area contributed by atoms with Crippen molar-refractivity contribution in [3.8, 4) is 0 Å². The number of hydrogen-bond donors (Lipinski definition) is 0. The van der Waals surface area contributed by atoms with E-state index < -0.39 is 0 Å². The van der Waals surface area contributed by atoms with Crippen molar-refractivity contribution >= 4 is 28.1 Å². The Balaban J connectivity index is 1.55. The number of thiazole rings is 1. The summed E-state index contributed by atoms with van der Waals surface area (Å²) in [5.74, 6) is 0. The van der Waals surface area contributed by atoms with E-state index in [4.69, 9.17) is 11.6 Å². The zero-order valence-corrected chi connectivity index (χ0v) is 12.2. The Hall–Kier alpha value is -1.10. The fourth-order valence-electron chi connectivity index (χ4n) is 2.33. The molecule has 1 aromatic heterocycles. The zero-order valence-electron chi connectivity index (χ0n) is 10.6. The normalized spacial score (nSPS) is 16.8. The summed E-state index contributed by atoms with van der Waals surface area (Å²) in [5.41, 5.74) is 1.38. The third-order valence-electron chi connectivity index (χ3n) is 3.36. The number of nitrogens with zero attached hydrogens (tertiary/aromatic N) is 3. The molecule has 0 radical (unpaired) electrons. The molecule has 0 bridgehead atoms. The van der Waals surface area contributed by atoms with Crippen LogP contribution in [0.4, 0.5) is 5.13 Å². The van der Waals surface area contributed by atoms with E-state index in [0.29, 0.717) is 5.15 Å². The minimum absolute atomic E-state index is 0.603. The van der Waals surface area contributed by atoms with Gasteiger partial charge in [-0.05, 0) is 5.56 Å². The highest BCUT2D eigenvalue weighted by molar-refractivity contribution is 7.14. The van der Waals surface area contributed by atoms with Crippen LogP contribution < -0.4 is 4.90 Å². The average molecular weight is 294 g/mol. The summed E-state index contributed by atoms with van der Waals surface area (Å²) in [5, 5.41) is 3.55. The van der Waals surface area contributed by atoms with E-state index in [1.165, 1.54) is 5.56 Å². The van der Waals surface area contributed by atoms with E-state index >= 15 is 0 Å². The second-order valence-electron chi connectivity index (χ2n) is 4.70. The van der Waals surface area contributed by atoms with Gasteiger partial charge >= 0.3 is 0 Å². The predicted molar refractivity (Wildman–Crippen MR) is 81.1 cm³/mol. The summed E-state index contributed by atoms with van der Waals surface area (Å²) in [6, 6.07) is 10.6. The van der Waals surface area contributed by atoms with Crippen molar-refractivity contribution in [2.75, 3.05) is 31.1 Å². The van der Waals surface area contributed by atoms with E-state index in [1.807, 2.05) is 5.38 Å². The molecule has 19 heavy (non-hydrogen) atoms. The van der Waals surface area contributed by atoms with Gasteiger partial charge in [0.25, 0.3) is 0 Å². The Morgan fingerprint density at radius 3 is 2.47 bits per heavy atom. The van der Waals surface area contributed by atoms with Gasteiger partial charge in [0, 0.05) is 38.1 Å². The maximum absolute atomic E-state index is 5.88. The van der Waals surface area contributed by atoms with Crippen molar-refractivity contribution in [2.45, 2.75) is 6.54 Å². The first-order valence-corrected chi connectivity index (χ1v) is 7.69. The molecule has 3 rings (SSSR count). The molecule has 0 unspecified atom stereocenters. The minimum atomic E-state index is 0.603. The number of anilines is 1. The highest BCUT2D eigenvalue weighted by Gasteiger charge is 2.19. The van der Waals surface area contributed by atoms with Gasteiger partial charge in [-0.3, -0.25) is 4.90 Å². The number of benzene rings is 1. The molecule has 0 N–H and O–H groups in total. The van der Waals surface area contributed by atoms with Gasteiger partial charge < -0.3 is 4.90 Å². The van der Waals surface area contributed by atoms with E-state index in [2.05, 4.69) is 45.1 Å². The lowest BCUT2D eigenvalue weighted by Crippen LogP contribution is -2.45. The van der Waals surface area contributed by atoms with Crippen LogP contribution in [0.25, 0.3) is 0 Å². The van der Waals surface area contributed by atoms with E-state index in [-0.39, 0.29) is 0 Å². The van der Waals surface area contributed by atoms with Crippen molar-refractivity contribution in [3.05, 3.63) is 46.4 Å². The summed E-state index contributed by atoms with van der Waals surface area (Å²) in [6.07, 6.45) is 0. The van der Waals surface area contributed by atoms with Crippen LogP contribution in [-0.2, 0) is 6.54 Å². The van der Waals surface area contributed by atoms with Crippen LogP contribution in [0.2, 0.25) is 5.15 Å². The molecule has 0 spiro atoms. The van der Waals surface area contributed by atoms with Gasteiger partial charge in [-0.1, -0.05) is 41.9 Å². The monoisotopic (exact) mass is 293 g/mol. The fourth-order valence-corrected chi connectivity index (χ4v) is 3.33. The minimum Gasteiger partial charge on any atom is -0.345 e. The summed E-state index contributed by atoms with van der Waals surface area (Å²) < 4.78 is 0.